The Morgan fingerprint density at radius 2 is 1.63 bits per heavy atom. The van der Waals surface area contributed by atoms with Gasteiger partial charge in [0.05, 0.1) is 30.4 Å². The van der Waals surface area contributed by atoms with Crippen molar-refractivity contribution in [3.63, 3.8) is 0 Å². The Bertz CT molecular complexity index is 994. The minimum absolute atomic E-state index is 0.0558. The normalized spacial score (nSPS) is 10.5. The zero-order valence-electron chi connectivity index (χ0n) is 16.9. The van der Waals surface area contributed by atoms with Crippen LogP contribution in [0.1, 0.15) is 31.1 Å². The van der Waals surface area contributed by atoms with Gasteiger partial charge in [0.15, 0.2) is 11.5 Å². The number of anilines is 1. The van der Waals surface area contributed by atoms with Crippen LogP contribution in [0.5, 0.6) is 17.2 Å². The number of rotatable bonds is 9. The molecular weight excluding hydrogens is 410 g/mol. The fourth-order valence-electron chi connectivity index (χ4n) is 2.71. The average molecular weight is 432 g/mol. The van der Waals surface area contributed by atoms with E-state index in [4.69, 9.17) is 30.2 Å². The molecule has 0 unspecified atom stereocenters. The van der Waals surface area contributed by atoms with Gasteiger partial charge in [0.1, 0.15) is 0 Å². The highest BCUT2D eigenvalue weighted by Gasteiger charge is 2.20. The number of carbonyl (C=O) groups excluding carboxylic acids is 1. The van der Waals surface area contributed by atoms with Crippen molar-refractivity contribution in [2.45, 2.75) is 20.8 Å². The number of hydrogen-bond acceptors (Lipinski definition) is 7. The second kappa shape index (κ2) is 9.98. The third-order valence-corrected chi connectivity index (χ3v) is 4.25. The van der Waals surface area contributed by atoms with Gasteiger partial charge < -0.3 is 18.6 Å². The van der Waals surface area contributed by atoms with Crippen molar-refractivity contribution in [3.05, 3.63) is 47.0 Å². The summed E-state index contributed by atoms with van der Waals surface area (Å²) < 4.78 is 22.7. The van der Waals surface area contributed by atoms with Crippen molar-refractivity contribution in [2.75, 3.05) is 25.1 Å². The molecule has 2 aromatic carbocycles. The van der Waals surface area contributed by atoms with E-state index in [1.807, 2.05) is 20.8 Å². The van der Waals surface area contributed by atoms with Crippen LogP contribution in [0.3, 0.4) is 0 Å². The van der Waals surface area contributed by atoms with E-state index < -0.39 is 5.91 Å². The molecule has 3 rings (SSSR count). The van der Waals surface area contributed by atoms with E-state index in [2.05, 4.69) is 15.5 Å². The van der Waals surface area contributed by atoms with Crippen molar-refractivity contribution < 1.29 is 23.4 Å². The standard InChI is InChI=1S/C21H22ClN3O5/c1-4-27-16-11-13(12-17(28-5-2)18(16)29-6-3)20-24-25-21(30-20)23-19(26)14-9-7-8-10-15(14)22/h7-12H,4-6H2,1-3H3,(H,23,25,26). The SMILES string of the molecule is CCOc1cc(-c2nnc(NC(=O)c3ccccc3Cl)o2)cc(OCC)c1OCC. The fourth-order valence-corrected chi connectivity index (χ4v) is 2.93. The van der Waals surface area contributed by atoms with Crippen molar-refractivity contribution in [3.8, 4) is 28.7 Å². The zero-order valence-corrected chi connectivity index (χ0v) is 17.7. The van der Waals surface area contributed by atoms with Crippen molar-refractivity contribution in [1.82, 2.24) is 10.2 Å². The molecule has 0 aliphatic heterocycles. The summed E-state index contributed by atoms with van der Waals surface area (Å²) in [5, 5.41) is 10.8. The molecule has 0 aliphatic rings. The number of carbonyl (C=O) groups is 1. The van der Waals surface area contributed by atoms with E-state index in [1.54, 1.807) is 36.4 Å². The van der Waals surface area contributed by atoms with Crippen molar-refractivity contribution in [1.29, 1.82) is 0 Å². The Balaban J connectivity index is 1.90. The lowest BCUT2D eigenvalue weighted by atomic mass is 10.2. The van der Waals surface area contributed by atoms with Gasteiger partial charge in [-0.05, 0) is 45.0 Å². The number of benzene rings is 2. The highest BCUT2D eigenvalue weighted by Crippen LogP contribution is 2.41. The zero-order chi connectivity index (χ0) is 21.5. The molecule has 9 heteroatoms. The van der Waals surface area contributed by atoms with E-state index in [0.717, 1.165) is 0 Å². The highest BCUT2D eigenvalue weighted by molar-refractivity contribution is 6.34. The van der Waals surface area contributed by atoms with E-state index in [1.165, 1.54) is 0 Å². The summed E-state index contributed by atoms with van der Waals surface area (Å²) in [4.78, 5) is 12.4. The van der Waals surface area contributed by atoms with Crippen LogP contribution in [0.4, 0.5) is 6.01 Å². The first-order chi connectivity index (χ1) is 14.6. The quantitative estimate of drug-likeness (QED) is 0.517. The summed E-state index contributed by atoms with van der Waals surface area (Å²) in [6.07, 6.45) is 0. The lowest BCUT2D eigenvalue weighted by Crippen LogP contribution is -2.12. The van der Waals surface area contributed by atoms with Crippen LogP contribution >= 0.6 is 11.6 Å². The fraction of sp³-hybridized carbons (Fsp3) is 0.286. The highest BCUT2D eigenvalue weighted by atomic mass is 35.5. The topological polar surface area (TPSA) is 95.7 Å². The minimum atomic E-state index is -0.451. The van der Waals surface area contributed by atoms with Crippen LogP contribution in [0.25, 0.3) is 11.5 Å². The predicted octanol–water partition coefficient (Wildman–Crippen LogP) is 4.84. The molecule has 1 heterocycles. The predicted molar refractivity (Wildman–Crippen MR) is 113 cm³/mol. The summed E-state index contributed by atoms with van der Waals surface area (Å²) in [7, 11) is 0. The van der Waals surface area contributed by atoms with Gasteiger partial charge in [-0.3, -0.25) is 10.1 Å². The van der Waals surface area contributed by atoms with E-state index in [-0.39, 0.29) is 11.9 Å². The Morgan fingerprint density at radius 1 is 1.00 bits per heavy atom. The average Bonchev–Trinajstić information content (AvgIpc) is 3.19. The molecule has 8 nitrogen and oxygen atoms in total. The van der Waals surface area contributed by atoms with Crippen LogP contribution in [0, 0.1) is 0 Å². The summed E-state index contributed by atoms with van der Waals surface area (Å²) in [5.74, 6) is 1.25. The molecule has 1 amide bonds. The third kappa shape index (κ3) is 4.83. The number of aromatic nitrogens is 2. The third-order valence-electron chi connectivity index (χ3n) is 3.92. The lowest BCUT2D eigenvalue weighted by Gasteiger charge is -2.16. The molecular formula is C21H22ClN3O5. The summed E-state index contributed by atoms with van der Waals surface area (Å²) in [5.41, 5.74) is 0.869. The van der Waals surface area contributed by atoms with Crippen LogP contribution < -0.4 is 19.5 Å². The maximum Gasteiger partial charge on any atom is 0.322 e. The van der Waals surface area contributed by atoms with Crippen molar-refractivity contribution >= 4 is 23.5 Å². The Morgan fingerprint density at radius 3 is 2.23 bits per heavy atom. The van der Waals surface area contributed by atoms with Gasteiger partial charge in [-0.2, -0.15) is 0 Å². The van der Waals surface area contributed by atoms with E-state index >= 15 is 0 Å². The van der Waals surface area contributed by atoms with Gasteiger partial charge in [0.2, 0.25) is 11.6 Å². The first kappa shape index (κ1) is 21.4. The molecule has 0 aliphatic carbocycles. The van der Waals surface area contributed by atoms with E-state index in [0.29, 0.717) is 53.2 Å². The number of amides is 1. The van der Waals surface area contributed by atoms with Crippen molar-refractivity contribution in [2.24, 2.45) is 0 Å². The number of ether oxygens (including phenoxy) is 3. The second-order valence-corrected chi connectivity index (χ2v) is 6.35. The Hall–Kier alpha value is -3.26. The van der Waals surface area contributed by atoms with Gasteiger partial charge >= 0.3 is 6.01 Å². The maximum atomic E-state index is 12.4. The second-order valence-electron chi connectivity index (χ2n) is 5.95. The van der Waals surface area contributed by atoms with Gasteiger partial charge in [-0.15, -0.1) is 5.10 Å². The number of nitrogens with one attached hydrogen (secondary N) is 1. The van der Waals surface area contributed by atoms with Crippen LogP contribution in [-0.2, 0) is 0 Å². The molecule has 0 spiro atoms. The lowest BCUT2D eigenvalue weighted by molar-refractivity contribution is 0.102. The monoisotopic (exact) mass is 431 g/mol. The number of nitrogens with zero attached hydrogens (tertiary/aromatic N) is 2. The molecule has 1 aromatic heterocycles. The number of hydrogen-bond donors (Lipinski definition) is 1. The smallest absolute Gasteiger partial charge is 0.322 e. The molecule has 0 bridgehead atoms. The van der Waals surface area contributed by atoms with Gasteiger partial charge in [-0.1, -0.05) is 28.8 Å². The van der Waals surface area contributed by atoms with Gasteiger partial charge in [0.25, 0.3) is 5.91 Å². The molecule has 158 valence electrons. The Kier molecular flexibility index (Phi) is 7.13. The van der Waals surface area contributed by atoms with Crippen LogP contribution in [0.2, 0.25) is 5.02 Å². The molecule has 0 fully saturated rings. The van der Waals surface area contributed by atoms with Crippen LogP contribution in [0.15, 0.2) is 40.8 Å². The van der Waals surface area contributed by atoms with Crippen LogP contribution in [-0.4, -0.2) is 35.9 Å². The van der Waals surface area contributed by atoms with Gasteiger partial charge in [-0.25, -0.2) is 0 Å². The molecule has 30 heavy (non-hydrogen) atoms. The molecule has 0 radical (unpaired) electrons. The molecule has 0 atom stereocenters. The summed E-state index contributed by atoms with van der Waals surface area (Å²) in [6, 6.07) is 10.1. The first-order valence-electron chi connectivity index (χ1n) is 9.53. The molecule has 3 aromatic rings. The maximum absolute atomic E-state index is 12.4. The number of halogens is 1. The minimum Gasteiger partial charge on any atom is -0.490 e. The van der Waals surface area contributed by atoms with Gasteiger partial charge in [0, 0.05) is 5.56 Å². The molecule has 0 saturated heterocycles. The first-order valence-corrected chi connectivity index (χ1v) is 9.91. The summed E-state index contributed by atoms with van der Waals surface area (Å²) in [6.45, 7) is 6.97. The largest absolute Gasteiger partial charge is 0.490 e. The molecule has 0 saturated carbocycles. The summed E-state index contributed by atoms with van der Waals surface area (Å²) >= 11 is 6.05. The Labute approximate surface area is 179 Å². The van der Waals surface area contributed by atoms with E-state index in [9.17, 15) is 4.79 Å². The molecule has 1 N–H and O–H groups in total.